The van der Waals surface area contributed by atoms with Crippen LogP contribution in [0.1, 0.15) is 30.5 Å². The smallest absolute Gasteiger partial charge is 0.200 e. The quantitative estimate of drug-likeness (QED) is 0.179. The monoisotopic (exact) mass is 640 g/mol. The molecule has 0 radical (unpaired) electrons. The summed E-state index contributed by atoms with van der Waals surface area (Å²) >= 11 is 0. The zero-order valence-corrected chi connectivity index (χ0v) is 27.4. The second-order valence-corrected chi connectivity index (χ2v) is 13.1. The summed E-state index contributed by atoms with van der Waals surface area (Å²) in [5, 5.41) is 12.9. The largest absolute Gasteiger partial charge is 0.309 e. The van der Waals surface area contributed by atoms with E-state index >= 15 is 0 Å². The molecule has 6 heteroatoms. The molecule has 0 amide bonds. The third-order valence-corrected chi connectivity index (χ3v) is 9.91. The van der Waals surface area contributed by atoms with Gasteiger partial charge in [-0.2, -0.15) is 5.26 Å². The molecule has 6 nitrogen and oxygen atoms in total. The number of rotatable bonds is 4. The molecule has 9 rings (SSSR count). The van der Waals surface area contributed by atoms with E-state index in [0.717, 1.165) is 32.9 Å². The van der Waals surface area contributed by atoms with Crippen LogP contribution in [0.15, 0.2) is 133 Å². The summed E-state index contributed by atoms with van der Waals surface area (Å²) in [7, 11) is 0. The lowest BCUT2D eigenvalue weighted by Crippen LogP contribution is -2.14. The van der Waals surface area contributed by atoms with Crippen LogP contribution in [0, 0.1) is 17.9 Å². The Morgan fingerprint density at radius 3 is 1.90 bits per heavy atom. The van der Waals surface area contributed by atoms with Gasteiger partial charge in [-0.25, -0.2) is 19.8 Å². The van der Waals surface area contributed by atoms with Crippen LogP contribution in [0.2, 0.25) is 0 Å². The number of aromatic nitrogens is 4. The molecule has 0 atom stereocenters. The number of hydrogen-bond acceptors (Lipinski definition) is 4. The van der Waals surface area contributed by atoms with Gasteiger partial charge in [0.1, 0.15) is 6.07 Å². The van der Waals surface area contributed by atoms with Gasteiger partial charge in [0.25, 0.3) is 0 Å². The molecular formula is C44H28N6. The van der Waals surface area contributed by atoms with Gasteiger partial charge in [-0.05, 0) is 52.6 Å². The van der Waals surface area contributed by atoms with Crippen LogP contribution in [-0.2, 0) is 5.41 Å². The molecule has 1 aliphatic rings. The van der Waals surface area contributed by atoms with Gasteiger partial charge in [-0.15, -0.1) is 0 Å². The van der Waals surface area contributed by atoms with Crippen molar-refractivity contribution in [3.8, 4) is 57.0 Å². The minimum Gasteiger partial charge on any atom is -0.309 e. The molecule has 234 valence electrons. The van der Waals surface area contributed by atoms with Gasteiger partial charge >= 0.3 is 0 Å². The lowest BCUT2D eigenvalue weighted by Gasteiger charge is -2.21. The fraction of sp³-hybridized carbons (Fsp3) is 0.0682. The van der Waals surface area contributed by atoms with E-state index in [-0.39, 0.29) is 5.41 Å². The third-order valence-electron chi connectivity index (χ3n) is 9.91. The van der Waals surface area contributed by atoms with E-state index in [1.807, 2.05) is 78.9 Å². The summed E-state index contributed by atoms with van der Waals surface area (Å²) in [4.78, 5) is 18.5. The second-order valence-electron chi connectivity index (χ2n) is 13.1. The van der Waals surface area contributed by atoms with Crippen LogP contribution in [-0.4, -0.2) is 19.5 Å². The predicted octanol–water partition coefficient (Wildman–Crippen LogP) is 10.7. The molecule has 2 heterocycles. The van der Waals surface area contributed by atoms with Crippen LogP contribution < -0.4 is 0 Å². The van der Waals surface area contributed by atoms with Crippen LogP contribution in [0.3, 0.4) is 0 Å². The Hall–Kier alpha value is -6.89. The highest BCUT2D eigenvalue weighted by Gasteiger charge is 2.36. The van der Waals surface area contributed by atoms with Gasteiger partial charge in [0, 0.05) is 32.9 Å². The lowest BCUT2D eigenvalue weighted by atomic mass is 9.82. The van der Waals surface area contributed by atoms with Crippen molar-refractivity contribution < 1.29 is 0 Å². The van der Waals surface area contributed by atoms with E-state index < -0.39 is 0 Å². The topological polar surface area (TPSA) is 71.8 Å². The first kappa shape index (κ1) is 29.3. The molecule has 0 saturated heterocycles. The van der Waals surface area contributed by atoms with E-state index in [4.69, 9.17) is 21.5 Å². The van der Waals surface area contributed by atoms with Gasteiger partial charge in [0.2, 0.25) is 0 Å². The van der Waals surface area contributed by atoms with Crippen molar-refractivity contribution in [2.75, 3.05) is 0 Å². The third kappa shape index (κ3) is 4.36. The molecule has 6 aromatic carbocycles. The molecule has 1 aliphatic carbocycles. The molecule has 0 unspecified atom stereocenters. The van der Waals surface area contributed by atoms with E-state index in [0.29, 0.717) is 40.0 Å². The average molecular weight is 641 g/mol. The number of benzene rings is 6. The van der Waals surface area contributed by atoms with Crippen molar-refractivity contribution in [1.29, 1.82) is 5.26 Å². The Labute approximate surface area is 289 Å². The van der Waals surface area contributed by atoms with E-state index in [9.17, 15) is 5.26 Å². The van der Waals surface area contributed by atoms with Crippen molar-refractivity contribution >= 4 is 27.5 Å². The van der Waals surface area contributed by atoms with Gasteiger partial charge < -0.3 is 4.57 Å². The van der Waals surface area contributed by atoms with Crippen molar-refractivity contribution in [1.82, 2.24) is 19.5 Å². The second kappa shape index (κ2) is 11.1. The Morgan fingerprint density at radius 2 is 1.22 bits per heavy atom. The molecule has 2 aromatic heterocycles. The van der Waals surface area contributed by atoms with E-state index in [1.54, 1.807) is 6.07 Å². The first-order valence-electron chi connectivity index (χ1n) is 16.5. The summed E-state index contributed by atoms with van der Waals surface area (Å²) in [6, 6.07) is 46.9. The summed E-state index contributed by atoms with van der Waals surface area (Å²) in [6.45, 7) is 12.9. The van der Waals surface area contributed by atoms with Crippen LogP contribution >= 0.6 is 0 Å². The molecule has 0 bridgehead atoms. The van der Waals surface area contributed by atoms with Crippen molar-refractivity contribution in [2.45, 2.75) is 19.3 Å². The molecule has 0 N–H and O–H groups in total. The van der Waals surface area contributed by atoms with Crippen LogP contribution in [0.5, 0.6) is 0 Å². The van der Waals surface area contributed by atoms with Crippen molar-refractivity contribution in [3.05, 3.63) is 162 Å². The fourth-order valence-electron chi connectivity index (χ4n) is 7.48. The molecule has 0 fully saturated rings. The maximum atomic E-state index is 10.7. The summed E-state index contributed by atoms with van der Waals surface area (Å²) in [5.41, 5.74) is 10.3. The maximum Gasteiger partial charge on any atom is 0.200 e. The normalized spacial score (nSPS) is 12.7. The number of fused-ring (bicyclic) bond motifs is 6. The van der Waals surface area contributed by atoms with Gasteiger partial charge in [-0.3, -0.25) is 0 Å². The van der Waals surface area contributed by atoms with Crippen molar-refractivity contribution in [3.63, 3.8) is 0 Å². The zero-order valence-electron chi connectivity index (χ0n) is 27.4. The number of hydrogen-bond donors (Lipinski definition) is 0. The number of nitrogens with zero attached hydrogens (tertiary/aromatic N) is 6. The average Bonchev–Trinajstić information content (AvgIpc) is 3.61. The molecule has 0 spiro atoms. The predicted molar refractivity (Wildman–Crippen MR) is 199 cm³/mol. The maximum absolute atomic E-state index is 10.7. The van der Waals surface area contributed by atoms with E-state index in [2.05, 4.69) is 77.9 Å². The van der Waals surface area contributed by atoms with Crippen LogP contribution in [0.4, 0.5) is 5.69 Å². The molecule has 50 heavy (non-hydrogen) atoms. The zero-order chi connectivity index (χ0) is 34.0. The van der Waals surface area contributed by atoms with Gasteiger partial charge in [-0.1, -0.05) is 117 Å². The number of para-hydroxylation sites is 1. The lowest BCUT2D eigenvalue weighted by molar-refractivity contribution is 0.661. The highest BCUT2D eigenvalue weighted by atomic mass is 15.0. The molecule has 8 aromatic rings. The standard InChI is InChI=1S/C44H28N6/c1-44(2)35-20-12-10-18-30(35)32-24-40-33(23-36(32)44)31-19-11-13-21-38(31)50(40)39-25-37(46-3)34(22-29(39)26-45)43-48-41(27-14-6-4-7-15-27)47-42(49-43)28-16-8-5-9-17-28/h4-25H,1-2H3. The summed E-state index contributed by atoms with van der Waals surface area (Å²) < 4.78 is 2.13. The summed E-state index contributed by atoms with van der Waals surface area (Å²) in [5.74, 6) is 1.32. The van der Waals surface area contributed by atoms with Crippen molar-refractivity contribution in [2.24, 2.45) is 0 Å². The molecular weight excluding hydrogens is 613 g/mol. The Kier molecular flexibility index (Phi) is 6.49. The van der Waals surface area contributed by atoms with Gasteiger partial charge in [0.05, 0.1) is 28.9 Å². The highest BCUT2D eigenvalue weighted by molar-refractivity contribution is 6.11. The van der Waals surface area contributed by atoms with Crippen LogP contribution in [0.25, 0.3) is 77.6 Å². The Morgan fingerprint density at radius 1 is 0.600 bits per heavy atom. The highest BCUT2D eigenvalue weighted by Crippen LogP contribution is 2.51. The van der Waals surface area contributed by atoms with E-state index in [1.165, 1.54) is 22.3 Å². The first-order chi connectivity index (χ1) is 24.5. The fourth-order valence-corrected chi connectivity index (χ4v) is 7.48. The minimum absolute atomic E-state index is 0.151. The summed E-state index contributed by atoms with van der Waals surface area (Å²) in [6.07, 6.45) is 0. The molecule has 0 saturated carbocycles. The Balaban J connectivity index is 1.30. The molecule has 0 aliphatic heterocycles. The number of nitriles is 1. The van der Waals surface area contributed by atoms with Gasteiger partial charge in [0.15, 0.2) is 23.2 Å². The Bertz CT molecular complexity index is 2690. The minimum atomic E-state index is -0.151. The first-order valence-corrected chi connectivity index (χ1v) is 16.5. The SMILES string of the molecule is [C-]#[N+]c1cc(-n2c3ccccc3c3cc4c(cc32)-c2ccccc2C4(C)C)c(C#N)cc1-c1nc(-c2ccccc2)nc(-c2ccccc2)n1.